The Morgan fingerprint density at radius 2 is 2.06 bits per heavy atom. The van der Waals surface area contributed by atoms with Gasteiger partial charge < -0.3 is 9.73 Å². The van der Waals surface area contributed by atoms with Gasteiger partial charge in [0.2, 0.25) is 0 Å². The van der Waals surface area contributed by atoms with Crippen molar-refractivity contribution in [3.8, 4) is 0 Å². The molecule has 2 nitrogen and oxygen atoms in total. The fraction of sp³-hybridized carbons (Fsp3) is 0.333. The van der Waals surface area contributed by atoms with E-state index in [1.807, 2.05) is 6.26 Å². The first kappa shape index (κ1) is 10.6. The van der Waals surface area contributed by atoms with Crippen molar-refractivity contribution in [3.63, 3.8) is 0 Å². The van der Waals surface area contributed by atoms with Gasteiger partial charge in [0.25, 0.3) is 0 Å². The number of aryl methyl sites for hydroxylation is 1. The van der Waals surface area contributed by atoms with Crippen LogP contribution in [0.2, 0.25) is 0 Å². The summed E-state index contributed by atoms with van der Waals surface area (Å²) in [5.41, 5.74) is 4.40. The van der Waals surface area contributed by atoms with E-state index in [0.29, 0.717) is 0 Å². The second kappa shape index (κ2) is 4.04. The van der Waals surface area contributed by atoms with Crippen molar-refractivity contribution < 1.29 is 4.42 Å². The van der Waals surface area contributed by atoms with Crippen LogP contribution in [0.15, 0.2) is 47.3 Å². The van der Waals surface area contributed by atoms with Gasteiger partial charge in [-0.1, -0.05) is 24.3 Å². The summed E-state index contributed by atoms with van der Waals surface area (Å²) >= 11 is 0. The lowest BCUT2D eigenvalue weighted by atomic mass is 9.70. The van der Waals surface area contributed by atoms with E-state index in [0.717, 1.165) is 19.5 Å². The van der Waals surface area contributed by atoms with E-state index in [2.05, 4.69) is 42.6 Å². The summed E-state index contributed by atoms with van der Waals surface area (Å²) in [6, 6.07) is 10.8. The van der Waals surface area contributed by atoms with Gasteiger partial charge in [0.1, 0.15) is 0 Å². The molecule has 0 bridgehead atoms. The summed E-state index contributed by atoms with van der Waals surface area (Å²) in [4.78, 5) is 0. The zero-order chi connectivity index (χ0) is 11.7. The molecule has 1 aliphatic rings. The molecule has 1 aliphatic heterocycles. The van der Waals surface area contributed by atoms with Gasteiger partial charge in [-0.05, 0) is 36.1 Å². The molecule has 2 heterocycles. The predicted molar refractivity (Wildman–Crippen MR) is 68.1 cm³/mol. The Balaban J connectivity index is 1.95. The number of nitrogens with one attached hydrogen (secondary N) is 1. The van der Waals surface area contributed by atoms with Crippen LogP contribution in [0, 0.1) is 6.92 Å². The molecular formula is C15H17NO. The lowest BCUT2D eigenvalue weighted by Crippen LogP contribution is -2.58. The molecule has 1 aromatic carbocycles. The Labute approximate surface area is 102 Å². The number of benzene rings is 1. The molecule has 1 fully saturated rings. The van der Waals surface area contributed by atoms with E-state index in [1.165, 1.54) is 16.7 Å². The standard InChI is InChI=1S/C15H17NO/c1-12-4-2-3-5-14(12)15(10-16-11-15)8-13-6-7-17-9-13/h2-7,9,16H,8,10-11H2,1H3. The predicted octanol–water partition coefficient (Wildman–Crippen LogP) is 2.67. The maximum Gasteiger partial charge on any atom is 0.0934 e. The van der Waals surface area contributed by atoms with Crippen LogP contribution in [0.5, 0.6) is 0 Å². The topological polar surface area (TPSA) is 25.2 Å². The Morgan fingerprint density at radius 1 is 1.24 bits per heavy atom. The highest BCUT2D eigenvalue weighted by Gasteiger charge is 2.39. The monoisotopic (exact) mass is 227 g/mol. The van der Waals surface area contributed by atoms with Crippen molar-refractivity contribution >= 4 is 0 Å². The van der Waals surface area contributed by atoms with Gasteiger partial charge in [-0.25, -0.2) is 0 Å². The molecular weight excluding hydrogens is 210 g/mol. The van der Waals surface area contributed by atoms with Crippen molar-refractivity contribution in [2.24, 2.45) is 0 Å². The molecule has 3 rings (SSSR count). The fourth-order valence-electron chi connectivity index (χ4n) is 2.79. The van der Waals surface area contributed by atoms with Crippen LogP contribution >= 0.6 is 0 Å². The minimum Gasteiger partial charge on any atom is -0.472 e. The molecule has 2 aromatic rings. The zero-order valence-corrected chi connectivity index (χ0v) is 10.1. The maximum absolute atomic E-state index is 5.17. The van der Waals surface area contributed by atoms with Crippen molar-refractivity contribution in [2.45, 2.75) is 18.8 Å². The Morgan fingerprint density at radius 3 is 2.65 bits per heavy atom. The molecule has 1 N–H and O–H groups in total. The van der Waals surface area contributed by atoms with E-state index >= 15 is 0 Å². The SMILES string of the molecule is Cc1ccccc1C1(Cc2ccoc2)CNC1. The third-order valence-electron chi connectivity index (χ3n) is 3.77. The zero-order valence-electron chi connectivity index (χ0n) is 10.1. The van der Waals surface area contributed by atoms with Gasteiger partial charge in [-0.3, -0.25) is 0 Å². The third kappa shape index (κ3) is 1.79. The molecule has 88 valence electrons. The molecule has 0 spiro atoms. The van der Waals surface area contributed by atoms with E-state index in [1.54, 1.807) is 6.26 Å². The van der Waals surface area contributed by atoms with Gasteiger partial charge in [-0.15, -0.1) is 0 Å². The summed E-state index contributed by atoms with van der Waals surface area (Å²) in [6.07, 6.45) is 4.67. The van der Waals surface area contributed by atoms with Crippen LogP contribution in [0.4, 0.5) is 0 Å². The normalized spacial score (nSPS) is 17.7. The van der Waals surface area contributed by atoms with Gasteiger partial charge >= 0.3 is 0 Å². The first-order valence-corrected chi connectivity index (χ1v) is 6.08. The second-order valence-corrected chi connectivity index (χ2v) is 5.01. The first-order valence-electron chi connectivity index (χ1n) is 6.08. The van der Waals surface area contributed by atoms with Crippen LogP contribution < -0.4 is 5.32 Å². The van der Waals surface area contributed by atoms with Crippen LogP contribution in [0.25, 0.3) is 0 Å². The molecule has 1 saturated heterocycles. The van der Waals surface area contributed by atoms with Crippen LogP contribution in [-0.2, 0) is 11.8 Å². The number of rotatable bonds is 3. The van der Waals surface area contributed by atoms with Crippen molar-refractivity contribution in [2.75, 3.05) is 13.1 Å². The highest BCUT2D eigenvalue weighted by atomic mass is 16.3. The molecule has 2 heteroatoms. The Hall–Kier alpha value is -1.54. The molecule has 0 radical (unpaired) electrons. The van der Waals surface area contributed by atoms with Crippen LogP contribution in [-0.4, -0.2) is 13.1 Å². The molecule has 0 aliphatic carbocycles. The molecule has 0 saturated carbocycles. The quantitative estimate of drug-likeness (QED) is 0.872. The van der Waals surface area contributed by atoms with Gasteiger partial charge in [0.15, 0.2) is 0 Å². The average molecular weight is 227 g/mol. The lowest BCUT2D eigenvalue weighted by Gasteiger charge is -2.44. The maximum atomic E-state index is 5.17. The van der Waals surface area contributed by atoms with Crippen LogP contribution in [0.3, 0.4) is 0 Å². The molecule has 0 unspecified atom stereocenters. The van der Waals surface area contributed by atoms with Crippen LogP contribution in [0.1, 0.15) is 16.7 Å². The Bertz CT molecular complexity index is 497. The van der Waals surface area contributed by atoms with Crippen molar-refractivity contribution in [1.82, 2.24) is 5.32 Å². The second-order valence-electron chi connectivity index (χ2n) is 5.01. The molecule has 17 heavy (non-hydrogen) atoms. The number of hydrogen-bond acceptors (Lipinski definition) is 2. The average Bonchev–Trinajstić information content (AvgIpc) is 2.77. The summed E-state index contributed by atoms with van der Waals surface area (Å²) in [7, 11) is 0. The van der Waals surface area contributed by atoms with E-state index < -0.39 is 0 Å². The summed E-state index contributed by atoms with van der Waals surface area (Å²) in [6.45, 7) is 4.32. The minimum absolute atomic E-state index is 0.259. The van der Waals surface area contributed by atoms with E-state index in [-0.39, 0.29) is 5.41 Å². The summed E-state index contributed by atoms with van der Waals surface area (Å²) in [5.74, 6) is 0. The lowest BCUT2D eigenvalue weighted by molar-refractivity contribution is 0.273. The van der Waals surface area contributed by atoms with Crippen molar-refractivity contribution in [3.05, 3.63) is 59.5 Å². The van der Waals surface area contributed by atoms with Crippen molar-refractivity contribution in [1.29, 1.82) is 0 Å². The van der Waals surface area contributed by atoms with Gasteiger partial charge in [0.05, 0.1) is 12.5 Å². The molecule has 0 atom stereocenters. The first-order chi connectivity index (χ1) is 8.30. The molecule has 1 aromatic heterocycles. The van der Waals surface area contributed by atoms with E-state index in [4.69, 9.17) is 4.42 Å². The number of furan rings is 1. The fourth-order valence-corrected chi connectivity index (χ4v) is 2.79. The summed E-state index contributed by atoms with van der Waals surface area (Å²) < 4.78 is 5.17. The summed E-state index contributed by atoms with van der Waals surface area (Å²) in [5, 5.41) is 3.41. The van der Waals surface area contributed by atoms with Gasteiger partial charge in [-0.2, -0.15) is 0 Å². The number of hydrogen-bond donors (Lipinski definition) is 1. The highest BCUT2D eigenvalue weighted by molar-refractivity contribution is 5.38. The smallest absolute Gasteiger partial charge is 0.0934 e. The minimum atomic E-state index is 0.259. The third-order valence-corrected chi connectivity index (χ3v) is 3.77. The Kier molecular flexibility index (Phi) is 2.52. The largest absolute Gasteiger partial charge is 0.472 e. The van der Waals surface area contributed by atoms with Gasteiger partial charge in [0, 0.05) is 18.5 Å². The molecule has 0 amide bonds. The van der Waals surface area contributed by atoms with E-state index in [9.17, 15) is 0 Å². The highest BCUT2D eigenvalue weighted by Crippen LogP contribution is 2.34.